The van der Waals surface area contributed by atoms with E-state index in [9.17, 15) is 4.79 Å². The number of aryl methyl sites for hydroxylation is 1. The lowest BCUT2D eigenvalue weighted by molar-refractivity contribution is 0.0476. The molecular formula is C26H26N4O2. The Labute approximate surface area is 186 Å². The number of esters is 1. The Bertz CT molecular complexity index is 1310. The first-order valence-electron chi connectivity index (χ1n) is 11.1. The van der Waals surface area contributed by atoms with E-state index < -0.39 is 5.97 Å². The van der Waals surface area contributed by atoms with Crippen LogP contribution in [0.1, 0.15) is 48.0 Å². The van der Waals surface area contributed by atoms with E-state index in [4.69, 9.17) is 20.4 Å². The van der Waals surface area contributed by atoms with Crippen LogP contribution in [0.2, 0.25) is 0 Å². The maximum absolute atomic E-state index is 13.1. The molecule has 162 valence electrons. The number of ether oxygens (including phenoxy) is 1. The molecule has 0 spiro atoms. The van der Waals surface area contributed by atoms with E-state index in [2.05, 4.69) is 6.08 Å². The lowest BCUT2D eigenvalue weighted by atomic mass is 9.97. The van der Waals surface area contributed by atoms with Gasteiger partial charge in [0.1, 0.15) is 23.5 Å². The molecule has 32 heavy (non-hydrogen) atoms. The largest absolute Gasteiger partial charge is 0.457 e. The van der Waals surface area contributed by atoms with E-state index in [0.29, 0.717) is 29.1 Å². The van der Waals surface area contributed by atoms with E-state index in [-0.39, 0.29) is 6.61 Å². The Kier molecular flexibility index (Phi) is 5.58. The van der Waals surface area contributed by atoms with Crippen LogP contribution in [0.4, 0.5) is 5.82 Å². The number of fused-ring (bicyclic) bond motifs is 2. The molecule has 6 nitrogen and oxygen atoms in total. The minimum absolute atomic E-state index is 0.180. The summed E-state index contributed by atoms with van der Waals surface area (Å²) in [5.74, 6) is -0.110. The Morgan fingerprint density at radius 3 is 2.50 bits per heavy atom. The van der Waals surface area contributed by atoms with Gasteiger partial charge in [-0.15, -0.1) is 0 Å². The third kappa shape index (κ3) is 3.96. The van der Waals surface area contributed by atoms with E-state index in [1.54, 1.807) is 0 Å². The van der Waals surface area contributed by atoms with Crippen LogP contribution >= 0.6 is 0 Å². The van der Waals surface area contributed by atoms with Crippen LogP contribution in [0.3, 0.4) is 0 Å². The summed E-state index contributed by atoms with van der Waals surface area (Å²) in [5.41, 5.74) is 11.8. The summed E-state index contributed by atoms with van der Waals surface area (Å²) in [6.45, 7) is 0.840. The minimum Gasteiger partial charge on any atom is -0.457 e. The van der Waals surface area contributed by atoms with Crippen molar-refractivity contribution in [1.82, 2.24) is 14.5 Å². The molecular weight excluding hydrogens is 400 g/mol. The molecule has 0 saturated carbocycles. The molecule has 1 aliphatic carbocycles. The van der Waals surface area contributed by atoms with E-state index in [0.717, 1.165) is 35.9 Å². The number of para-hydroxylation sites is 2. The second-order valence-corrected chi connectivity index (χ2v) is 8.22. The normalized spacial score (nSPS) is 13.9. The molecule has 2 N–H and O–H groups in total. The van der Waals surface area contributed by atoms with E-state index in [1.165, 1.54) is 18.4 Å². The van der Waals surface area contributed by atoms with Gasteiger partial charge in [-0.2, -0.15) is 0 Å². The van der Waals surface area contributed by atoms with Gasteiger partial charge in [0.05, 0.1) is 11.0 Å². The Hall–Kier alpha value is -3.67. The second-order valence-electron chi connectivity index (χ2n) is 8.22. The van der Waals surface area contributed by atoms with Gasteiger partial charge in [-0.1, -0.05) is 54.1 Å². The second kappa shape index (κ2) is 8.83. The standard InChI is InChI=1S/C26H26N4O2/c27-24-22(26(31)32-17-19-11-5-2-6-12-19)23-25(29-21-14-8-7-13-20(21)28-23)30(24)16-15-18-9-3-1-4-10-18/h2,5-9,11-14H,1,3-4,10,15-17,27H2. The van der Waals surface area contributed by atoms with Crippen LogP contribution < -0.4 is 5.73 Å². The highest BCUT2D eigenvalue weighted by molar-refractivity contribution is 6.08. The zero-order chi connectivity index (χ0) is 21.9. The lowest BCUT2D eigenvalue weighted by Crippen LogP contribution is -2.10. The molecule has 5 rings (SSSR count). The summed E-state index contributed by atoms with van der Waals surface area (Å²) in [6, 6.07) is 17.3. The fraction of sp³-hybridized carbons (Fsp3) is 0.269. The maximum Gasteiger partial charge on any atom is 0.344 e. The third-order valence-electron chi connectivity index (χ3n) is 6.05. The highest BCUT2D eigenvalue weighted by atomic mass is 16.5. The van der Waals surface area contributed by atoms with Crippen molar-refractivity contribution in [2.45, 2.75) is 45.3 Å². The molecule has 6 heteroatoms. The molecule has 4 aromatic rings. The fourth-order valence-corrected chi connectivity index (χ4v) is 4.33. The van der Waals surface area contributed by atoms with Crippen molar-refractivity contribution < 1.29 is 9.53 Å². The number of nitrogens with two attached hydrogens (primary N) is 1. The molecule has 2 aromatic carbocycles. The molecule has 0 atom stereocenters. The van der Waals surface area contributed by atoms with Crippen LogP contribution in [0.5, 0.6) is 0 Å². The molecule has 0 bridgehead atoms. The monoisotopic (exact) mass is 426 g/mol. The lowest BCUT2D eigenvalue weighted by Gasteiger charge is -2.14. The van der Waals surface area contributed by atoms with Gasteiger partial charge in [0.15, 0.2) is 5.65 Å². The quantitative estimate of drug-likeness (QED) is 0.329. The predicted molar refractivity (Wildman–Crippen MR) is 126 cm³/mol. The number of benzene rings is 2. The van der Waals surface area contributed by atoms with Crippen LogP contribution in [-0.4, -0.2) is 20.5 Å². The van der Waals surface area contributed by atoms with Crippen molar-refractivity contribution in [2.75, 3.05) is 5.73 Å². The zero-order valence-electron chi connectivity index (χ0n) is 18.0. The van der Waals surface area contributed by atoms with Crippen molar-refractivity contribution in [3.05, 3.63) is 77.4 Å². The summed E-state index contributed by atoms with van der Waals surface area (Å²) < 4.78 is 7.53. The first-order valence-corrected chi connectivity index (χ1v) is 11.1. The van der Waals surface area contributed by atoms with Crippen LogP contribution in [0.25, 0.3) is 22.2 Å². The molecule has 0 saturated heterocycles. The summed E-state index contributed by atoms with van der Waals surface area (Å²) in [4.78, 5) is 22.7. The Morgan fingerprint density at radius 2 is 1.75 bits per heavy atom. The zero-order valence-corrected chi connectivity index (χ0v) is 18.0. The number of carbonyl (C=O) groups is 1. The van der Waals surface area contributed by atoms with Crippen LogP contribution in [0.15, 0.2) is 66.2 Å². The summed E-state index contributed by atoms with van der Waals surface area (Å²) in [7, 11) is 0. The van der Waals surface area contributed by atoms with Gasteiger partial charge in [-0.25, -0.2) is 14.8 Å². The average molecular weight is 427 g/mol. The molecule has 0 amide bonds. The number of anilines is 1. The SMILES string of the molecule is Nc1c(C(=O)OCc2ccccc2)c2nc3ccccc3nc2n1CCC1=CCCCC1. The number of rotatable bonds is 6. The summed E-state index contributed by atoms with van der Waals surface area (Å²) in [6.07, 6.45) is 7.98. The molecule has 2 aromatic heterocycles. The van der Waals surface area contributed by atoms with Crippen molar-refractivity contribution in [2.24, 2.45) is 0 Å². The van der Waals surface area contributed by atoms with E-state index >= 15 is 0 Å². The van der Waals surface area contributed by atoms with Crippen molar-refractivity contribution >= 4 is 34.0 Å². The number of aromatic nitrogens is 3. The summed E-state index contributed by atoms with van der Waals surface area (Å²) >= 11 is 0. The van der Waals surface area contributed by atoms with Crippen LogP contribution in [-0.2, 0) is 17.9 Å². The maximum atomic E-state index is 13.1. The molecule has 1 aliphatic rings. The Morgan fingerprint density at radius 1 is 1.00 bits per heavy atom. The minimum atomic E-state index is -0.475. The number of nitrogens with zero attached hydrogens (tertiary/aromatic N) is 3. The Balaban J connectivity index is 1.53. The van der Waals surface area contributed by atoms with Gasteiger partial charge < -0.3 is 15.0 Å². The van der Waals surface area contributed by atoms with Crippen molar-refractivity contribution in [1.29, 1.82) is 0 Å². The topological polar surface area (TPSA) is 83.0 Å². The van der Waals surface area contributed by atoms with Gasteiger partial charge >= 0.3 is 5.97 Å². The van der Waals surface area contributed by atoms with Crippen LogP contribution in [0, 0.1) is 0 Å². The highest BCUT2D eigenvalue weighted by Gasteiger charge is 2.25. The van der Waals surface area contributed by atoms with E-state index in [1.807, 2.05) is 59.2 Å². The number of allylic oxidation sites excluding steroid dienone is 2. The molecule has 0 fully saturated rings. The third-order valence-corrected chi connectivity index (χ3v) is 6.05. The van der Waals surface area contributed by atoms with Crippen molar-refractivity contribution in [3.8, 4) is 0 Å². The number of nitrogen functional groups attached to an aromatic ring is 1. The highest BCUT2D eigenvalue weighted by Crippen LogP contribution is 2.30. The number of hydrogen-bond acceptors (Lipinski definition) is 5. The smallest absolute Gasteiger partial charge is 0.344 e. The number of hydrogen-bond donors (Lipinski definition) is 1. The first-order chi connectivity index (χ1) is 15.7. The first kappa shape index (κ1) is 20.2. The van der Waals surface area contributed by atoms with Gasteiger partial charge in [-0.05, 0) is 49.8 Å². The molecule has 2 heterocycles. The fourth-order valence-electron chi connectivity index (χ4n) is 4.33. The molecule has 0 aliphatic heterocycles. The average Bonchev–Trinajstić information content (AvgIpc) is 3.11. The van der Waals surface area contributed by atoms with Gasteiger partial charge in [0.2, 0.25) is 0 Å². The van der Waals surface area contributed by atoms with Gasteiger partial charge in [0, 0.05) is 6.54 Å². The van der Waals surface area contributed by atoms with Gasteiger partial charge in [0.25, 0.3) is 0 Å². The molecule has 0 unspecified atom stereocenters. The van der Waals surface area contributed by atoms with Gasteiger partial charge in [-0.3, -0.25) is 0 Å². The van der Waals surface area contributed by atoms with Crippen molar-refractivity contribution in [3.63, 3.8) is 0 Å². The predicted octanol–water partition coefficient (Wildman–Crippen LogP) is 5.41. The summed E-state index contributed by atoms with van der Waals surface area (Å²) in [5, 5.41) is 0. The number of carbonyl (C=O) groups excluding carboxylic acids is 1. The molecule has 0 radical (unpaired) electrons.